The van der Waals surface area contributed by atoms with Crippen LogP contribution in [0.15, 0.2) is 65.9 Å². The first-order chi connectivity index (χ1) is 14.2. The molecule has 3 rings (SSSR count). The molecule has 0 spiro atoms. The maximum atomic E-state index is 5.45. The van der Waals surface area contributed by atoms with E-state index in [-0.39, 0.29) is 0 Å². The van der Waals surface area contributed by atoms with Gasteiger partial charge in [0.2, 0.25) is 0 Å². The SMILES string of the molecule is CN=C(NCc1ccc(OC)cc1OC)NCc1nccn1Cc1ccccc1. The van der Waals surface area contributed by atoms with E-state index in [1.165, 1.54) is 5.56 Å². The smallest absolute Gasteiger partial charge is 0.191 e. The molecule has 1 aromatic heterocycles. The number of rotatable bonds is 8. The van der Waals surface area contributed by atoms with Gasteiger partial charge in [0.25, 0.3) is 0 Å². The van der Waals surface area contributed by atoms with Gasteiger partial charge in [0.05, 0.1) is 20.8 Å². The zero-order valence-corrected chi connectivity index (χ0v) is 17.1. The fourth-order valence-corrected chi connectivity index (χ4v) is 2.99. The molecular weight excluding hydrogens is 366 g/mol. The zero-order valence-electron chi connectivity index (χ0n) is 17.1. The molecule has 0 radical (unpaired) electrons. The van der Waals surface area contributed by atoms with Crippen LogP contribution >= 0.6 is 0 Å². The fraction of sp³-hybridized carbons (Fsp3) is 0.273. The molecule has 3 aromatic rings. The van der Waals surface area contributed by atoms with E-state index >= 15 is 0 Å². The highest BCUT2D eigenvalue weighted by molar-refractivity contribution is 5.79. The van der Waals surface area contributed by atoms with Crippen LogP contribution in [0.1, 0.15) is 17.0 Å². The molecule has 0 amide bonds. The van der Waals surface area contributed by atoms with Gasteiger partial charge >= 0.3 is 0 Å². The molecule has 0 atom stereocenters. The van der Waals surface area contributed by atoms with E-state index < -0.39 is 0 Å². The summed E-state index contributed by atoms with van der Waals surface area (Å²) in [5.41, 5.74) is 2.25. The number of guanidine groups is 1. The van der Waals surface area contributed by atoms with Crippen LogP contribution in [-0.4, -0.2) is 36.8 Å². The van der Waals surface area contributed by atoms with Gasteiger partial charge in [0.1, 0.15) is 17.3 Å². The largest absolute Gasteiger partial charge is 0.497 e. The molecule has 29 heavy (non-hydrogen) atoms. The van der Waals surface area contributed by atoms with Crippen LogP contribution in [0.3, 0.4) is 0 Å². The Kier molecular flexibility index (Phi) is 7.10. The second-order valence-corrected chi connectivity index (χ2v) is 6.41. The van der Waals surface area contributed by atoms with E-state index in [0.29, 0.717) is 19.0 Å². The van der Waals surface area contributed by atoms with Crippen molar-refractivity contribution in [2.45, 2.75) is 19.6 Å². The molecule has 2 N–H and O–H groups in total. The summed E-state index contributed by atoms with van der Waals surface area (Å²) in [6.07, 6.45) is 3.81. The average Bonchev–Trinajstić information content (AvgIpc) is 3.21. The van der Waals surface area contributed by atoms with Gasteiger partial charge in [0.15, 0.2) is 5.96 Å². The summed E-state index contributed by atoms with van der Waals surface area (Å²) in [4.78, 5) is 8.76. The second kappa shape index (κ2) is 10.2. The van der Waals surface area contributed by atoms with Gasteiger partial charge in [-0.05, 0) is 17.7 Å². The van der Waals surface area contributed by atoms with Gasteiger partial charge in [-0.3, -0.25) is 4.99 Å². The summed E-state index contributed by atoms with van der Waals surface area (Å²) < 4.78 is 12.8. The van der Waals surface area contributed by atoms with Gasteiger partial charge in [-0.1, -0.05) is 30.3 Å². The summed E-state index contributed by atoms with van der Waals surface area (Å²) in [5.74, 6) is 3.17. The number of hydrogen-bond donors (Lipinski definition) is 2. The predicted molar refractivity (Wildman–Crippen MR) is 114 cm³/mol. The number of aromatic nitrogens is 2. The number of hydrogen-bond acceptors (Lipinski definition) is 4. The average molecular weight is 393 g/mol. The molecule has 7 nitrogen and oxygen atoms in total. The Morgan fingerprint density at radius 2 is 1.83 bits per heavy atom. The van der Waals surface area contributed by atoms with Crippen molar-refractivity contribution in [3.63, 3.8) is 0 Å². The minimum atomic E-state index is 0.569. The Morgan fingerprint density at radius 1 is 1.03 bits per heavy atom. The molecular formula is C22H27N5O2. The highest BCUT2D eigenvalue weighted by atomic mass is 16.5. The monoisotopic (exact) mass is 393 g/mol. The van der Waals surface area contributed by atoms with Crippen LogP contribution < -0.4 is 20.1 Å². The van der Waals surface area contributed by atoms with Gasteiger partial charge in [0, 0.05) is 44.2 Å². The molecule has 0 bridgehead atoms. The molecule has 0 fully saturated rings. The van der Waals surface area contributed by atoms with E-state index in [1.807, 2.05) is 48.8 Å². The molecule has 0 unspecified atom stereocenters. The topological polar surface area (TPSA) is 72.7 Å². The van der Waals surface area contributed by atoms with Crippen molar-refractivity contribution >= 4 is 5.96 Å². The normalized spacial score (nSPS) is 11.2. The molecule has 152 valence electrons. The summed E-state index contributed by atoms with van der Waals surface area (Å²) >= 11 is 0. The fourth-order valence-electron chi connectivity index (χ4n) is 2.99. The van der Waals surface area contributed by atoms with Crippen LogP contribution in [0.2, 0.25) is 0 Å². The van der Waals surface area contributed by atoms with Crippen molar-refractivity contribution in [2.75, 3.05) is 21.3 Å². The molecule has 0 aliphatic heterocycles. The van der Waals surface area contributed by atoms with Crippen LogP contribution in [0.5, 0.6) is 11.5 Å². The lowest BCUT2D eigenvalue weighted by Gasteiger charge is -2.15. The van der Waals surface area contributed by atoms with Crippen LogP contribution in [0.25, 0.3) is 0 Å². The summed E-state index contributed by atoms with van der Waals surface area (Å²) in [7, 11) is 5.04. The third kappa shape index (κ3) is 5.51. The van der Waals surface area contributed by atoms with Gasteiger partial charge in [-0.2, -0.15) is 0 Å². The highest BCUT2D eigenvalue weighted by Gasteiger charge is 2.08. The number of benzene rings is 2. The van der Waals surface area contributed by atoms with Crippen LogP contribution in [0.4, 0.5) is 0 Å². The second-order valence-electron chi connectivity index (χ2n) is 6.41. The van der Waals surface area contributed by atoms with E-state index in [9.17, 15) is 0 Å². The number of imidazole rings is 1. The lowest BCUT2D eigenvalue weighted by molar-refractivity contribution is 0.390. The molecule has 2 aromatic carbocycles. The van der Waals surface area contributed by atoms with E-state index in [1.54, 1.807) is 21.3 Å². The van der Waals surface area contributed by atoms with Gasteiger partial charge in [-0.15, -0.1) is 0 Å². The first kappa shape index (κ1) is 20.3. The molecule has 0 saturated carbocycles. The van der Waals surface area contributed by atoms with E-state index in [2.05, 4.69) is 37.3 Å². The number of methoxy groups -OCH3 is 2. The van der Waals surface area contributed by atoms with Crippen molar-refractivity contribution in [1.29, 1.82) is 0 Å². The van der Waals surface area contributed by atoms with Crippen molar-refractivity contribution in [3.8, 4) is 11.5 Å². The standard InChI is InChI=1S/C22H27N5O2/c1-23-22(25-14-18-9-10-19(28-2)13-20(18)29-3)26-15-21-24-11-12-27(21)16-17-7-5-4-6-8-17/h4-13H,14-16H2,1-3H3,(H2,23,25,26). The lowest BCUT2D eigenvalue weighted by atomic mass is 10.2. The Bertz CT molecular complexity index is 937. The first-order valence-electron chi connectivity index (χ1n) is 9.43. The maximum absolute atomic E-state index is 5.45. The Balaban J connectivity index is 1.57. The maximum Gasteiger partial charge on any atom is 0.191 e. The van der Waals surface area contributed by atoms with E-state index in [0.717, 1.165) is 29.4 Å². The number of nitrogens with one attached hydrogen (secondary N) is 2. The molecule has 7 heteroatoms. The number of aliphatic imine (C=N–C) groups is 1. The van der Waals surface area contributed by atoms with Crippen molar-refractivity contribution in [3.05, 3.63) is 77.9 Å². The molecule has 0 aliphatic carbocycles. The van der Waals surface area contributed by atoms with Gasteiger partial charge < -0.3 is 24.7 Å². The van der Waals surface area contributed by atoms with Gasteiger partial charge in [-0.25, -0.2) is 4.98 Å². The Labute approximate surface area is 171 Å². The van der Waals surface area contributed by atoms with Crippen LogP contribution in [-0.2, 0) is 19.6 Å². The highest BCUT2D eigenvalue weighted by Crippen LogP contribution is 2.24. The Morgan fingerprint density at radius 3 is 2.55 bits per heavy atom. The minimum absolute atomic E-state index is 0.569. The summed E-state index contributed by atoms with van der Waals surface area (Å²) in [6.45, 7) is 1.93. The quantitative estimate of drug-likeness (QED) is 0.455. The third-order valence-corrected chi connectivity index (χ3v) is 4.58. The van der Waals surface area contributed by atoms with E-state index in [4.69, 9.17) is 9.47 Å². The van der Waals surface area contributed by atoms with Crippen molar-refractivity contribution < 1.29 is 9.47 Å². The Hall–Kier alpha value is -3.48. The minimum Gasteiger partial charge on any atom is -0.497 e. The number of ether oxygens (including phenoxy) is 2. The molecule has 1 heterocycles. The zero-order chi connectivity index (χ0) is 20.5. The summed E-state index contributed by atoms with van der Waals surface area (Å²) in [6, 6.07) is 16.1. The number of nitrogens with zero attached hydrogens (tertiary/aromatic N) is 3. The van der Waals surface area contributed by atoms with Crippen LogP contribution in [0, 0.1) is 0 Å². The summed E-state index contributed by atoms with van der Waals surface area (Å²) in [5, 5.41) is 6.63. The van der Waals surface area contributed by atoms with Crippen molar-refractivity contribution in [2.24, 2.45) is 4.99 Å². The lowest BCUT2D eigenvalue weighted by Crippen LogP contribution is -2.37. The molecule has 0 saturated heterocycles. The third-order valence-electron chi connectivity index (χ3n) is 4.58. The van der Waals surface area contributed by atoms with Crippen molar-refractivity contribution in [1.82, 2.24) is 20.2 Å². The predicted octanol–water partition coefficient (Wildman–Crippen LogP) is 2.81. The molecule has 0 aliphatic rings. The first-order valence-corrected chi connectivity index (χ1v) is 9.43.